The Balaban J connectivity index is 1.51. The van der Waals surface area contributed by atoms with Crippen molar-refractivity contribution in [3.63, 3.8) is 0 Å². The van der Waals surface area contributed by atoms with E-state index in [9.17, 15) is 14.6 Å². The van der Waals surface area contributed by atoms with Crippen LogP contribution in [0.2, 0.25) is 0 Å². The third-order valence-corrected chi connectivity index (χ3v) is 9.14. The minimum Gasteiger partial charge on any atom is -0.508 e. The van der Waals surface area contributed by atoms with Crippen LogP contribution in [0.3, 0.4) is 0 Å². The Morgan fingerprint density at radius 1 is 1.20 bits per heavy atom. The summed E-state index contributed by atoms with van der Waals surface area (Å²) in [7, 11) is 4.13. The average molecular weight is 608 g/mol. The summed E-state index contributed by atoms with van der Waals surface area (Å²) in [5, 5.41) is 22.4. The number of anilines is 1. The van der Waals surface area contributed by atoms with E-state index in [1.807, 2.05) is 11.8 Å². The van der Waals surface area contributed by atoms with Crippen molar-refractivity contribution in [1.29, 1.82) is 0 Å². The van der Waals surface area contributed by atoms with Crippen molar-refractivity contribution in [3.05, 3.63) is 47.7 Å². The zero-order chi connectivity index (χ0) is 31.2. The van der Waals surface area contributed by atoms with Gasteiger partial charge in [-0.15, -0.1) is 0 Å². The smallest absolute Gasteiger partial charge is 0.319 e. The molecule has 2 aromatic heterocycles. The molecule has 1 aliphatic heterocycles. The number of phenolic OH excluding ortho intramolecular Hbond substituents is 1. The highest BCUT2D eigenvalue weighted by molar-refractivity contribution is 6.01. The van der Waals surface area contributed by atoms with Crippen molar-refractivity contribution in [3.8, 4) is 23.0 Å². The number of aliphatic hydroxyl groups is 1. The Hall–Kier alpha value is -3.67. The third kappa shape index (κ3) is 5.52. The molecule has 0 amide bonds. The fourth-order valence-corrected chi connectivity index (χ4v) is 7.03. The molecule has 2 aromatic carbocycles. The zero-order valence-electron chi connectivity index (χ0n) is 25.6. The van der Waals surface area contributed by atoms with E-state index >= 15 is 4.39 Å². The number of hydrogen-bond acceptors (Lipinski definition) is 9. The number of β-amino-alcohol motifs (C(OH)–C–C–N with tert-alkyl or cyclic N) is 1. The Morgan fingerprint density at radius 2 is 2.02 bits per heavy atom. The fraction of sp³-hybridized carbons (Fsp3) is 0.485. The van der Waals surface area contributed by atoms with Crippen LogP contribution in [0, 0.1) is 17.0 Å². The van der Waals surface area contributed by atoms with Crippen LogP contribution in [-0.2, 0) is 11.2 Å². The van der Waals surface area contributed by atoms with E-state index in [-0.39, 0.29) is 47.1 Å². The van der Waals surface area contributed by atoms with E-state index in [0.29, 0.717) is 59.8 Å². The maximum absolute atomic E-state index is 16.7. The summed E-state index contributed by atoms with van der Waals surface area (Å²) in [5.74, 6) is -0.853. The number of ether oxygens (including phenoxy) is 2. The molecule has 9 nitrogen and oxygen atoms in total. The lowest BCUT2D eigenvalue weighted by Gasteiger charge is -2.35. The van der Waals surface area contributed by atoms with E-state index in [4.69, 9.17) is 14.5 Å². The molecular weight excluding hydrogens is 568 g/mol. The molecule has 2 N–H and O–H groups in total. The monoisotopic (exact) mass is 607 g/mol. The Morgan fingerprint density at radius 3 is 2.80 bits per heavy atom. The lowest BCUT2D eigenvalue weighted by atomic mass is 9.85. The summed E-state index contributed by atoms with van der Waals surface area (Å²) >= 11 is 0. The summed E-state index contributed by atoms with van der Waals surface area (Å²) in [6.07, 6.45) is 4.22. The number of aryl methyl sites for hydroxylation is 1. The van der Waals surface area contributed by atoms with E-state index in [2.05, 4.69) is 35.9 Å². The molecule has 2 aliphatic rings. The fourth-order valence-electron chi connectivity index (χ4n) is 7.03. The van der Waals surface area contributed by atoms with Crippen LogP contribution in [0.15, 0.2) is 30.5 Å². The first-order valence-corrected chi connectivity index (χ1v) is 15.2. The molecule has 6 rings (SSSR count). The SMILES string of the molecule is CCc1c(F)ccc2cc(O)cc(-c3ncc4c(N5CCOCC(O)C5)nc(OCC5(C)CCCC5N(C)C)nc4c3F)c12. The molecule has 234 valence electrons. The van der Waals surface area contributed by atoms with Gasteiger partial charge < -0.3 is 29.5 Å². The number of benzene rings is 2. The van der Waals surface area contributed by atoms with Crippen LogP contribution in [0.1, 0.15) is 38.7 Å². The van der Waals surface area contributed by atoms with Crippen LogP contribution in [0.4, 0.5) is 14.6 Å². The second-order valence-electron chi connectivity index (χ2n) is 12.5. The van der Waals surface area contributed by atoms with Gasteiger partial charge in [-0.2, -0.15) is 9.97 Å². The average Bonchev–Trinajstić information content (AvgIpc) is 3.26. The Bertz CT molecular complexity index is 1700. The molecule has 1 saturated heterocycles. The van der Waals surface area contributed by atoms with Gasteiger partial charge >= 0.3 is 6.01 Å². The number of aliphatic hydroxyl groups excluding tert-OH is 1. The maximum atomic E-state index is 16.7. The number of fused-ring (bicyclic) bond motifs is 2. The molecule has 3 atom stereocenters. The van der Waals surface area contributed by atoms with Gasteiger partial charge in [0.1, 0.15) is 28.6 Å². The molecule has 0 radical (unpaired) electrons. The van der Waals surface area contributed by atoms with Crippen LogP contribution < -0.4 is 9.64 Å². The van der Waals surface area contributed by atoms with E-state index in [0.717, 1.165) is 19.3 Å². The summed E-state index contributed by atoms with van der Waals surface area (Å²) in [6.45, 7) is 5.56. The van der Waals surface area contributed by atoms with Gasteiger partial charge in [-0.05, 0) is 67.9 Å². The van der Waals surface area contributed by atoms with Crippen molar-refractivity contribution in [2.75, 3.05) is 51.9 Å². The largest absolute Gasteiger partial charge is 0.508 e. The van der Waals surface area contributed by atoms with Crippen molar-refractivity contribution in [2.45, 2.75) is 51.7 Å². The highest BCUT2D eigenvalue weighted by Crippen LogP contribution is 2.42. The van der Waals surface area contributed by atoms with Crippen LogP contribution in [0.25, 0.3) is 32.9 Å². The van der Waals surface area contributed by atoms with Crippen molar-refractivity contribution >= 4 is 27.5 Å². The zero-order valence-corrected chi connectivity index (χ0v) is 25.6. The van der Waals surface area contributed by atoms with E-state index in [1.165, 1.54) is 24.4 Å². The molecule has 0 bridgehead atoms. The highest BCUT2D eigenvalue weighted by Gasteiger charge is 2.41. The first-order valence-electron chi connectivity index (χ1n) is 15.2. The highest BCUT2D eigenvalue weighted by atomic mass is 19.1. The number of rotatable bonds is 7. The molecule has 11 heteroatoms. The summed E-state index contributed by atoms with van der Waals surface area (Å²) in [5.41, 5.74) is 0.456. The van der Waals surface area contributed by atoms with Crippen LogP contribution >= 0.6 is 0 Å². The van der Waals surface area contributed by atoms with Crippen molar-refractivity contribution in [1.82, 2.24) is 19.9 Å². The lowest BCUT2D eigenvalue weighted by Crippen LogP contribution is -2.42. The number of pyridine rings is 1. The second kappa shape index (κ2) is 12.0. The summed E-state index contributed by atoms with van der Waals surface area (Å²) in [6, 6.07) is 6.19. The number of nitrogens with zero attached hydrogens (tertiary/aromatic N) is 5. The van der Waals surface area contributed by atoms with Gasteiger partial charge in [-0.1, -0.05) is 26.3 Å². The topological polar surface area (TPSA) is 104 Å². The number of aromatic nitrogens is 3. The summed E-state index contributed by atoms with van der Waals surface area (Å²) in [4.78, 5) is 17.8. The van der Waals surface area contributed by atoms with Gasteiger partial charge in [0.25, 0.3) is 0 Å². The Labute approximate surface area is 255 Å². The maximum Gasteiger partial charge on any atom is 0.319 e. The molecule has 1 saturated carbocycles. The minimum absolute atomic E-state index is 0.0127. The first-order chi connectivity index (χ1) is 21.1. The third-order valence-electron chi connectivity index (χ3n) is 9.14. The number of phenols is 1. The van der Waals surface area contributed by atoms with Crippen molar-refractivity contribution in [2.24, 2.45) is 5.41 Å². The molecule has 3 unspecified atom stereocenters. The lowest BCUT2D eigenvalue weighted by molar-refractivity contribution is 0.0597. The van der Waals surface area contributed by atoms with Gasteiger partial charge in [0, 0.05) is 36.3 Å². The van der Waals surface area contributed by atoms with Crippen molar-refractivity contribution < 1.29 is 28.5 Å². The predicted octanol–water partition coefficient (Wildman–Crippen LogP) is 5.09. The quantitative estimate of drug-likeness (QED) is 0.297. The van der Waals surface area contributed by atoms with E-state index in [1.54, 1.807) is 6.07 Å². The standard InChI is InChI=1S/C33H39F2N5O4/c1-5-22-25(34)9-8-19-13-20(41)14-23(27(19)22)29-28(35)30-24(15-36-29)31(40-11-12-43-17-21(42)16-40)38-32(37-30)44-18-33(2)10-6-7-26(33)39(3)4/h8-9,13-15,21,26,41-42H,5-7,10-12,16-18H2,1-4H3. The van der Waals surface area contributed by atoms with Gasteiger partial charge in [0.2, 0.25) is 0 Å². The van der Waals surface area contributed by atoms with Gasteiger partial charge in [0.05, 0.1) is 31.3 Å². The number of aromatic hydroxyl groups is 1. The van der Waals surface area contributed by atoms with Gasteiger partial charge in [-0.25, -0.2) is 8.78 Å². The molecular formula is C33H39F2N5O4. The molecule has 2 fully saturated rings. The minimum atomic E-state index is -0.761. The van der Waals surface area contributed by atoms with Gasteiger partial charge in [-0.3, -0.25) is 4.98 Å². The van der Waals surface area contributed by atoms with Crippen LogP contribution in [0.5, 0.6) is 11.8 Å². The first kappa shape index (κ1) is 30.4. The molecule has 44 heavy (non-hydrogen) atoms. The number of hydrogen-bond donors (Lipinski definition) is 2. The molecule has 4 aromatic rings. The van der Waals surface area contributed by atoms with Gasteiger partial charge in [0.15, 0.2) is 5.82 Å². The van der Waals surface area contributed by atoms with Crippen LogP contribution in [-0.4, -0.2) is 89.2 Å². The second-order valence-corrected chi connectivity index (χ2v) is 12.5. The molecule has 0 spiro atoms. The predicted molar refractivity (Wildman–Crippen MR) is 165 cm³/mol. The Kier molecular flexibility index (Phi) is 8.29. The summed E-state index contributed by atoms with van der Waals surface area (Å²) < 4.78 is 43.5. The van der Waals surface area contributed by atoms with E-state index < -0.39 is 17.7 Å². The number of halogens is 2. The molecule has 1 aliphatic carbocycles. The molecule has 3 heterocycles. The normalized spacial score (nSPS) is 22.7.